The number of carbonyl (C=O) groups is 2. The number of aliphatic hydroxyl groups is 1. The van der Waals surface area contributed by atoms with Crippen LogP contribution in [0.25, 0.3) is 5.76 Å². The van der Waals surface area contributed by atoms with E-state index in [0.29, 0.717) is 30.9 Å². The fourth-order valence-corrected chi connectivity index (χ4v) is 4.00. The molecule has 1 saturated heterocycles. The molecule has 0 spiro atoms. The molecule has 176 valence electrons. The minimum Gasteiger partial charge on any atom is -0.508 e. The lowest BCUT2D eigenvalue weighted by Gasteiger charge is -2.25. The van der Waals surface area contributed by atoms with Gasteiger partial charge in [-0.2, -0.15) is 0 Å². The molecular formula is C25H28ClNO6. The maximum absolute atomic E-state index is 13.1. The Kier molecular flexibility index (Phi) is 8.00. The second-order valence-electron chi connectivity index (χ2n) is 7.94. The lowest BCUT2D eigenvalue weighted by Crippen LogP contribution is -2.31. The number of nitrogens with zero attached hydrogens (tertiary/aromatic N) is 1. The van der Waals surface area contributed by atoms with E-state index in [4.69, 9.17) is 21.1 Å². The van der Waals surface area contributed by atoms with Gasteiger partial charge in [-0.05, 0) is 63.1 Å². The predicted molar refractivity (Wildman–Crippen MR) is 125 cm³/mol. The Morgan fingerprint density at radius 2 is 1.94 bits per heavy atom. The van der Waals surface area contributed by atoms with Crippen LogP contribution >= 0.6 is 11.6 Å². The van der Waals surface area contributed by atoms with Crippen molar-refractivity contribution >= 4 is 29.1 Å². The third-order valence-electron chi connectivity index (χ3n) is 5.22. The summed E-state index contributed by atoms with van der Waals surface area (Å²) in [6, 6.07) is 10.1. The molecule has 0 saturated carbocycles. The van der Waals surface area contributed by atoms with Gasteiger partial charge in [-0.3, -0.25) is 9.59 Å². The van der Waals surface area contributed by atoms with Crippen molar-refractivity contribution in [1.82, 2.24) is 4.90 Å². The highest BCUT2D eigenvalue weighted by Gasteiger charge is 2.46. The Labute approximate surface area is 198 Å². The maximum Gasteiger partial charge on any atom is 0.295 e. The second-order valence-corrected chi connectivity index (χ2v) is 8.34. The van der Waals surface area contributed by atoms with Crippen LogP contribution < -0.4 is 4.74 Å². The topological polar surface area (TPSA) is 96.3 Å². The van der Waals surface area contributed by atoms with Crippen LogP contribution in [0.3, 0.4) is 0 Å². The number of amides is 1. The normalized spacial score (nSPS) is 17.7. The molecule has 2 aromatic rings. The van der Waals surface area contributed by atoms with Crippen LogP contribution in [0, 0.1) is 0 Å². The van der Waals surface area contributed by atoms with E-state index in [1.807, 2.05) is 20.8 Å². The first-order valence-electron chi connectivity index (χ1n) is 10.9. The highest BCUT2D eigenvalue weighted by molar-refractivity contribution is 6.47. The minimum absolute atomic E-state index is 0.0161. The Bertz CT molecular complexity index is 1060. The van der Waals surface area contributed by atoms with Crippen molar-refractivity contribution in [3.05, 3.63) is 64.2 Å². The fraction of sp³-hybridized carbons (Fsp3) is 0.360. The van der Waals surface area contributed by atoms with Crippen molar-refractivity contribution < 1.29 is 29.3 Å². The summed E-state index contributed by atoms with van der Waals surface area (Å²) in [7, 11) is 0. The molecule has 1 aliphatic heterocycles. The Hall–Kier alpha value is -3.03. The molecule has 8 heteroatoms. The molecule has 2 N–H and O–H groups in total. The zero-order chi connectivity index (χ0) is 24.1. The molecule has 0 aromatic heterocycles. The van der Waals surface area contributed by atoms with Crippen molar-refractivity contribution in [3.63, 3.8) is 0 Å². The lowest BCUT2D eigenvalue weighted by molar-refractivity contribution is -0.140. The summed E-state index contributed by atoms with van der Waals surface area (Å²) in [5, 5.41) is 21.4. The molecule has 0 aliphatic carbocycles. The van der Waals surface area contributed by atoms with E-state index in [-0.39, 0.29) is 34.6 Å². The number of carbonyl (C=O) groups excluding carboxylic acids is 2. The molecule has 2 aromatic carbocycles. The molecule has 7 nitrogen and oxygen atoms in total. The highest BCUT2D eigenvalue weighted by Crippen LogP contribution is 2.41. The number of phenols is 1. The van der Waals surface area contributed by atoms with Crippen LogP contribution in [0.5, 0.6) is 11.5 Å². The van der Waals surface area contributed by atoms with Gasteiger partial charge < -0.3 is 24.6 Å². The van der Waals surface area contributed by atoms with E-state index in [1.54, 1.807) is 24.3 Å². The third-order valence-corrected chi connectivity index (χ3v) is 5.55. The van der Waals surface area contributed by atoms with Gasteiger partial charge in [0.1, 0.15) is 17.3 Å². The quantitative estimate of drug-likeness (QED) is 0.237. The number of halogens is 1. The molecule has 1 heterocycles. The molecule has 1 aliphatic rings. The second kappa shape index (κ2) is 10.7. The van der Waals surface area contributed by atoms with Crippen LogP contribution in [-0.4, -0.2) is 52.7 Å². The summed E-state index contributed by atoms with van der Waals surface area (Å²) in [5.41, 5.74) is 0.595. The largest absolute Gasteiger partial charge is 0.508 e. The molecular weight excluding hydrogens is 446 g/mol. The van der Waals surface area contributed by atoms with Crippen LogP contribution in [0.15, 0.2) is 48.0 Å². The van der Waals surface area contributed by atoms with Crippen molar-refractivity contribution in [2.24, 2.45) is 0 Å². The van der Waals surface area contributed by atoms with Gasteiger partial charge in [-0.25, -0.2) is 0 Å². The fourth-order valence-electron chi connectivity index (χ4n) is 3.79. The number of likely N-dealkylation sites (tertiary alicyclic amines) is 1. The Balaban J connectivity index is 2.09. The number of hydrogen-bond donors (Lipinski definition) is 2. The average molecular weight is 474 g/mol. The smallest absolute Gasteiger partial charge is 0.295 e. The summed E-state index contributed by atoms with van der Waals surface area (Å²) in [6.45, 7) is 6.72. The van der Waals surface area contributed by atoms with E-state index in [1.165, 1.54) is 23.1 Å². The number of aliphatic hydroxyl groups excluding tert-OH is 1. The number of ether oxygens (including phenoxy) is 2. The third kappa shape index (κ3) is 5.49. The number of phenolic OH excluding ortho intramolecular Hbond substituents is 1. The van der Waals surface area contributed by atoms with Crippen LogP contribution in [0.1, 0.15) is 44.4 Å². The standard InChI is InChI=1S/C25H28ClNO6/c1-4-32-18-9-10-20(26)19(14-18)23(29)21-22(16-7-5-8-17(28)13-16)27(25(31)24(21)30)11-6-12-33-15(2)3/h5,7-10,13-15,22,28-29H,4,6,11-12H2,1-3H3/b23-21+. The van der Waals surface area contributed by atoms with Gasteiger partial charge in [-0.15, -0.1) is 0 Å². The number of Topliss-reactive ketones (excluding diaryl/α,β-unsaturated/α-hetero) is 1. The van der Waals surface area contributed by atoms with Crippen LogP contribution in [-0.2, 0) is 14.3 Å². The molecule has 33 heavy (non-hydrogen) atoms. The number of hydrogen-bond acceptors (Lipinski definition) is 6. The number of benzene rings is 2. The maximum atomic E-state index is 13.1. The summed E-state index contributed by atoms with van der Waals surface area (Å²) in [6.07, 6.45) is 0.545. The number of aromatic hydroxyl groups is 1. The molecule has 1 amide bonds. The van der Waals surface area contributed by atoms with Gasteiger partial charge in [0.25, 0.3) is 11.7 Å². The molecule has 0 radical (unpaired) electrons. The first-order chi connectivity index (χ1) is 15.7. The van der Waals surface area contributed by atoms with Crippen LogP contribution in [0.2, 0.25) is 5.02 Å². The number of rotatable bonds is 9. The average Bonchev–Trinajstić information content (AvgIpc) is 3.02. The highest BCUT2D eigenvalue weighted by atomic mass is 35.5. The SMILES string of the molecule is CCOc1ccc(Cl)c(/C(O)=C2\C(=O)C(=O)N(CCCOC(C)C)C2c2cccc(O)c2)c1. The minimum atomic E-state index is -0.886. The first-order valence-corrected chi connectivity index (χ1v) is 11.2. The van der Waals surface area contributed by atoms with Gasteiger partial charge in [0.05, 0.1) is 29.3 Å². The zero-order valence-electron chi connectivity index (χ0n) is 18.9. The van der Waals surface area contributed by atoms with E-state index >= 15 is 0 Å². The van der Waals surface area contributed by atoms with Gasteiger partial charge in [0, 0.05) is 18.7 Å². The van der Waals surface area contributed by atoms with Gasteiger partial charge >= 0.3 is 0 Å². The summed E-state index contributed by atoms with van der Waals surface area (Å²) in [5.74, 6) is -1.49. The van der Waals surface area contributed by atoms with E-state index in [9.17, 15) is 19.8 Å². The summed E-state index contributed by atoms with van der Waals surface area (Å²) >= 11 is 6.33. The first kappa shape index (κ1) is 24.6. The van der Waals surface area contributed by atoms with Crippen molar-refractivity contribution in [1.29, 1.82) is 0 Å². The molecule has 1 unspecified atom stereocenters. The van der Waals surface area contributed by atoms with E-state index in [2.05, 4.69) is 0 Å². The zero-order valence-corrected chi connectivity index (χ0v) is 19.6. The molecule has 3 rings (SSSR count). The lowest BCUT2D eigenvalue weighted by atomic mass is 9.95. The van der Waals surface area contributed by atoms with E-state index in [0.717, 1.165) is 0 Å². The summed E-state index contributed by atoms with van der Waals surface area (Å²) < 4.78 is 11.1. The molecule has 1 atom stereocenters. The summed E-state index contributed by atoms with van der Waals surface area (Å²) in [4.78, 5) is 27.5. The number of ketones is 1. The Morgan fingerprint density at radius 1 is 1.18 bits per heavy atom. The van der Waals surface area contributed by atoms with Crippen molar-refractivity contribution in [3.8, 4) is 11.5 Å². The predicted octanol–water partition coefficient (Wildman–Crippen LogP) is 4.68. The van der Waals surface area contributed by atoms with Crippen molar-refractivity contribution in [2.45, 2.75) is 39.3 Å². The van der Waals surface area contributed by atoms with Gasteiger partial charge in [0.2, 0.25) is 0 Å². The monoisotopic (exact) mass is 473 g/mol. The molecule has 1 fully saturated rings. The Morgan fingerprint density at radius 3 is 2.61 bits per heavy atom. The van der Waals surface area contributed by atoms with E-state index < -0.39 is 23.5 Å². The van der Waals surface area contributed by atoms with Gasteiger partial charge in [-0.1, -0.05) is 23.7 Å². The molecule has 0 bridgehead atoms. The van der Waals surface area contributed by atoms with Crippen LogP contribution in [0.4, 0.5) is 0 Å². The van der Waals surface area contributed by atoms with Gasteiger partial charge in [0.15, 0.2) is 0 Å². The van der Waals surface area contributed by atoms with Crippen molar-refractivity contribution in [2.75, 3.05) is 19.8 Å².